The Hall–Kier alpha value is -2.54. The Balaban J connectivity index is 1.96. The Morgan fingerprint density at radius 3 is 2.23 bits per heavy atom. The van der Waals surface area contributed by atoms with Gasteiger partial charge in [0, 0.05) is 34.6 Å². The smallest absolute Gasteiger partial charge is 0.261 e. The van der Waals surface area contributed by atoms with Gasteiger partial charge in [0.15, 0.2) is 6.61 Å². The number of halogens is 3. The van der Waals surface area contributed by atoms with Gasteiger partial charge in [0.2, 0.25) is 5.91 Å². The van der Waals surface area contributed by atoms with Crippen LogP contribution in [0.3, 0.4) is 0 Å². The van der Waals surface area contributed by atoms with Gasteiger partial charge < -0.3 is 15.0 Å². The van der Waals surface area contributed by atoms with Crippen LogP contribution in [0.15, 0.2) is 71.2 Å². The van der Waals surface area contributed by atoms with Gasteiger partial charge in [0.25, 0.3) is 5.91 Å². The van der Waals surface area contributed by atoms with E-state index < -0.39 is 6.04 Å². The highest BCUT2D eigenvalue weighted by atomic mass is 79.9. The number of hydrogen-bond acceptors (Lipinski definition) is 3. The summed E-state index contributed by atoms with van der Waals surface area (Å²) in [6.07, 6.45) is 1.08. The molecule has 39 heavy (non-hydrogen) atoms. The average Bonchev–Trinajstić information content (AvgIpc) is 2.91. The number of benzene rings is 3. The third kappa shape index (κ3) is 8.72. The zero-order valence-electron chi connectivity index (χ0n) is 22.7. The lowest BCUT2D eigenvalue weighted by molar-refractivity contribution is -0.143. The van der Waals surface area contributed by atoms with Crippen molar-refractivity contribution in [1.82, 2.24) is 10.2 Å². The number of amides is 2. The minimum absolute atomic E-state index is 0.0525. The van der Waals surface area contributed by atoms with E-state index in [1.165, 1.54) is 4.90 Å². The van der Waals surface area contributed by atoms with Crippen molar-refractivity contribution in [2.45, 2.75) is 65.1 Å². The quantitative estimate of drug-likeness (QED) is 0.221. The van der Waals surface area contributed by atoms with Gasteiger partial charge in [0.1, 0.15) is 11.8 Å². The molecule has 0 saturated carbocycles. The third-order valence-corrected chi connectivity index (χ3v) is 7.96. The average molecular weight is 634 g/mol. The van der Waals surface area contributed by atoms with Crippen LogP contribution in [0.2, 0.25) is 10.0 Å². The monoisotopic (exact) mass is 632 g/mol. The van der Waals surface area contributed by atoms with E-state index in [0.717, 1.165) is 22.0 Å². The molecule has 3 aromatic rings. The largest absolute Gasteiger partial charge is 0.483 e. The summed E-state index contributed by atoms with van der Waals surface area (Å²) in [5.74, 6) is 0.306. The molecule has 2 atom stereocenters. The maximum atomic E-state index is 13.8. The van der Waals surface area contributed by atoms with Gasteiger partial charge in [-0.3, -0.25) is 9.59 Å². The minimum atomic E-state index is -0.809. The molecule has 5 nitrogen and oxygen atoms in total. The molecule has 0 aromatic heterocycles. The molecule has 0 bridgehead atoms. The van der Waals surface area contributed by atoms with Gasteiger partial charge in [-0.25, -0.2) is 0 Å². The first-order valence-corrected chi connectivity index (χ1v) is 14.6. The normalized spacial score (nSPS) is 12.6. The first kappa shape index (κ1) is 31.0. The minimum Gasteiger partial charge on any atom is -0.483 e. The fourth-order valence-corrected chi connectivity index (χ4v) is 5.09. The number of carbonyl (C=O) groups excluding carboxylic acids is 2. The van der Waals surface area contributed by atoms with Crippen molar-refractivity contribution in [3.63, 3.8) is 0 Å². The molecule has 0 heterocycles. The predicted octanol–water partition coefficient (Wildman–Crippen LogP) is 7.81. The molecule has 0 aliphatic heterocycles. The van der Waals surface area contributed by atoms with Gasteiger partial charge in [-0.2, -0.15) is 0 Å². The molecular weight excluding hydrogens is 599 g/mol. The Kier molecular flexibility index (Phi) is 11.7. The lowest BCUT2D eigenvalue weighted by Gasteiger charge is -2.32. The van der Waals surface area contributed by atoms with E-state index in [1.54, 1.807) is 18.2 Å². The molecule has 8 heteroatoms. The van der Waals surface area contributed by atoms with Crippen LogP contribution in [0.4, 0.5) is 0 Å². The maximum absolute atomic E-state index is 13.8. The van der Waals surface area contributed by atoms with E-state index in [2.05, 4.69) is 35.1 Å². The van der Waals surface area contributed by atoms with Gasteiger partial charge >= 0.3 is 0 Å². The fourth-order valence-electron chi connectivity index (χ4n) is 4.06. The number of rotatable bonds is 12. The van der Waals surface area contributed by atoms with Crippen molar-refractivity contribution in [1.29, 1.82) is 0 Å². The van der Waals surface area contributed by atoms with Gasteiger partial charge in [-0.15, -0.1) is 0 Å². The molecule has 0 fully saturated rings. The fraction of sp³-hybridized carbons (Fsp3) is 0.355. The number of carbonyl (C=O) groups is 2. The van der Waals surface area contributed by atoms with E-state index in [4.69, 9.17) is 27.9 Å². The molecule has 0 spiro atoms. The van der Waals surface area contributed by atoms with Crippen molar-refractivity contribution in [3.8, 4) is 5.75 Å². The summed E-state index contributed by atoms with van der Waals surface area (Å²) >= 11 is 16.6. The Morgan fingerprint density at radius 2 is 1.64 bits per heavy atom. The standard InChI is InChI=1S/C31H35BrCl2N2O3/c1-5-21(4)35-31(38)28(16-22-10-7-6-8-11-22)36(18-24-26(33)12-9-13-27(24)34)30(37)19-39-29-15-14-23(20(2)3)17-25(29)32/h6-15,17,20-21,28H,5,16,18-19H2,1-4H3,(H,35,38)/t21-,28+/m0/s1. The number of nitrogens with zero attached hydrogens (tertiary/aromatic N) is 1. The Bertz CT molecular complexity index is 1250. The van der Waals surface area contributed by atoms with Crippen molar-refractivity contribution >= 4 is 50.9 Å². The number of hydrogen-bond donors (Lipinski definition) is 1. The summed E-state index contributed by atoms with van der Waals surface area (Å²) in [6.45, 7) is 7.96. The predicted molar refractivity (Wildman–Crippen MR) is 163 cm³/mol. The SMILES string of the molecule is CC[C@H](C)NC(=O)[C@@H](Cc1ccccc1)N(Cc1c(Cl)cccc1Cl)C(=O)COc1ccc(C(C)C)cc1Br. The summed E-state index contributed by atoms with van der Waals surface area (Å²) < 4.78 is 6.72. The second-order valence-electron chi connectivity index (χ2n) is 9.88. The molecule has 208 valence electrons. The van der Waals surface area contributed by atoms with Crippen molar-refractivity contribution in [2.24, 2.45) is 0 Å². The topological polar surface area (TPSA) is 58.6 Å². The third-order valence-electron chi connectivity index (χ3n) is 6.64. The zero-order valence-corrected chi connectivity index (χ0v) is 25.8. The molecule has 0 aliphatic carbocycles. The first-order valence-electron chi connectivity index (χ1n) is 13.1. The second-order valence-corrected chi connectivity index (χ2v) is 11.5. The van der Waals surface area contributed by atoms with E-state index >= 15 is 0 Å². The van der Waals surface area contributed by atoms with Crippen LogP contribution in [-0.2, 0) is 22.6 Å². The molecule has 2 amide bonds. The molecule has 3 aromatic carbocycles. The summed E-state index contributed by atoms with van der Waals surface area (Å²) in [6, 6.07) is 19.8. The first-order chi connectivity index (χ1) is 18.6. The van der Waals surface area contributed by atoms with Crippen molar-refractivity contribution < 1.29 is 14.3 Å². The van der Waals surface area contributed by atoms with E-state index in [1.807, 2.05) is 62.4 Å². The van der Waals surface area contributed by atoms with Crippen LogP contribution >= 0.6 is 39.1 Å². The molecule has 1 N–H and O–H groups in total. The summed E-state index contributed by atoms with van der Waals surface area (Å²) in [7, 11) is 0. The van der Waals surface area contributed by atoms with Gasteiger partial charge in [0.05, 0.1) is 4.47 Å². The van der Waals surface area contributed by atoms with E-state index in [0.29, 0.717) is 33.7 Å². The molecule has 0 radical (unpaired) electrons. The summed E-state index contributed by atoms with van der Waals surface area (Å²) in [5, 5.41) is 3.90. The molecule has 0 saturated heterocycles. The van der Waals surface area contributed by atoms with Crippen LogP contribution in [-0.4, -0.2) is 35.4 Å². The van der Waals surface area contributed by atoms with Crippen LogP contribution < -0.4 is 10.1 Å². The Morgan fingerprint density at radius 1 is 0.974 bits per heavy atom. The van der Waals surface area contributed by atoms with E-state index in [9.17, 15) is 9.59 Å². The van der Waals surface area contributed by atoms with Crippen LogP contribution in [0, 0.1) is 0 Å². The maximum Gasteiger partial charge on any atom is 0.261 e. The summed E-state index contributed by atoms with van der Waals surface area (Å²) in [5.41, 5.74) is 2.66. The van der Waals surface area contributed by atoms with Crippen LogP contribution in [0.5, 0.6) is 5.75 Å². The van der Waals surface area contributed by atoms with Crippen molar-refractivity contribution in [2.75, 3.05) is 6.61 Å². The highest BCUT2D eigenvalue weighted by Crippen LogP contribution is 2.30. The summed E-state index contributed by atoms with van der Waals surface area (Å²) in [4.78, 5) is 29.0. The molecule has 0 unspecified atom stereocenters. The molecule has 0 aliphatic rings. The van der Waals surface area contributed by atoms with E-state index in [-0.39, 0.29) is 31.0 Å². The zero-order chi connectivity index (χ0) is 28.5. The Labute approximate surface area is 250 Å². The highest BCUT2D eigenvalue weighted by Gasteiger charge is 2.32. The van der Waals surface area contributed by atoms with Crippen LogP contribution in [0.1, 0.15) is 56.7 Å². The van der Waals surface area contributed by atoms with Gasteiger partial charge in [-0.1, -0.05) is 86.4 Å². The molecular formula is C31H35BrCl2N2O3. The lowest BCUT2D eigenvalue weighted by atomic mass is 10.0. The van der Waals surface area contributed by atoms with Gasteiger partial charge in [-0.05, 0) is 70.6 Å². The van der Waals surface area contributed by atoms with Crippen LogP contribution in [0.25, 0.3) is 0 Å². The number of nitrogens with one attached hydrogen (secondary N) is 1. The lowest BCUT2D eigenvalue weighted by Crippen LogP contribution is -2.53. The van der Waals surface area contributed by atoms with Crippen molar-refractivity contribution in [3.05, 3.63) is 97.9 Å². The molecule has 3 rings (SSSR count). The number of ether oxygens (including phenoxy) is 1. The highest BCUT2D eigenvalue weighted by molar-refractivity contribution is 9.10. The second kappa shape index (κ2) is 14.7.